The van der Waals surface area contributed by atoms with Gasteiger partial charge in [0.1, 0.15) is 11.6 Å². The van der Waals surface area contributed by atoms with Crippen LogP contribution in [0.15, 0.2) is 18.2 Å². The summed E-state index contributed by atoms with van der Waals surface area (Å²) in [6.07, 6.45) is 0.580. The van der Waals surface area contributed by atoms with E-state index in [-0.39, 0.29) is 11.5 Å². The molecule has 0 atom stereocenters. The van der Waals surface area contributed by atoms with Crippen molar-refractivity contribution in [2.75, 3.05) is 5.73 Å². The van der Waals surface area contributed by atoms with Crippen molar-refractivity contribution in [2.45, 2.75) is 13.3 Å². The Bertz CT molecular complexity index is 501. The van der Waals surface area contributed by atoms with E-state index in [2.05, 4.69) is 10.3 Å². The molecule has 2 aromatic rings. The van der Waals surface area contributed by atoms with Gasteiger partial charge in [0.25, 0.3) is 0 Å². The maximum Gasteiger partial charge on any atom is 0.169 e. The standard InChI is InChI=1S/C10H10F2N4/c1-2-9-10(13)14-15-16(9)8-4-6(11)3-7(12)5-8/h3-5H,2,13H2,1H3. The van der Waals surface area contributed by atoms with Crippen molar-refractivity contribution in [1.29, 1.82) is 0 Å². The van der Waals surface area contributed by atoms with Crippen LogP contribution in [0.1, 0.15) is 12.6 Å². The quantitative estimate of drug-likeness (QED) is 0.844. The highest BCUT2D eigenvalue weighted by Gasteiger charge is 2.11. The fourth-order valence-corrected chi connectivity index (χ4v) is 1.51. The second-order valence-corrected chi connectivity index (χ2v) is 3.31. The lowest BCUT2D eigenvalue weighted by Crippen LogP contribution is -2.03. The number of benzene rings is 1. The van der Waals surface area contributed by atoms with Gasteiger partial charge in [-0.25, -0.2) is 13.5 Å². The first kappa shape index (κ1) is 10.5. The first-order chi connectivity index (χ1) is 7.61. The number of nitrogen functional groups attached to an aromatic ring is 1. The summed E-state index contributed by atoms with van der Waals surface area (Å²) in [5.41, 5.74) is 6.49. The molecule has 0 radical (unpaired) electrons. The van der Waals surface area contributed by atoms with E-state index in [4.69, 9.17) is 5.73 Å². The van der Waals surface area contributed by atoms with Gasteiger partial charge in [0.15, 0.2) is 5.82 Å². The van der Waals surface area contributed by atoms with Crippen LogP contribution >= 0.6 is 0 Å². The van der Waals surface area contributed by atoms with Gasteiger partial charge in [0.05, 0.1) is 11.4 Å². The summed E-state index contributed by atoms with van der Waals surface area (Å²) in [7, 11) is 0. The summed E-state index contributed by atoms with van der Waals surface area (Å²) in [6.45, 7) is 1.86. The molecular formula is C10H10F2N4. The van der Waals surface area contributed by atoms with E-state index >= 15 is 0 Å². The molecule has 0 saturated carbocycles. The molecule has 0 amide bonds. The average Bonchev–Trinajstić information content (AvgIpc) is 2.58. The molecule has 0 aliphatic carbocycles. The number of halogens is 2. The highest BCUT2D eigenvalue weighted by molar-refractivity contribution is 5.41. The Hall–Kier alpha value is -1.98. The molecule has 0 saturated heterocycles. The predicted octanol–water partition coefficient (Wildman–Crippen LogP) is 1.69. The van der Waals surface area contributed by atoms with E-state index < -0.39 is 11.6 Å². The van der Waals surface area contributed by atoms with Gasteiger partial charge in [-0.1, -0.05) is 12.1 Å². The molecule has 84 valence electrons. The molecule has 16 heavy (non-hydrogen) atoms. The number of anilines is 1. The van der Waals surface area contributed by atoms with Gasteiger partial charge in [0, 0.05) is 6.07 Å². The molecule has 0 aliphatic heterocycles. The lowest BCUT2D eigenvalue weighted by molar-refractivity contribution is 0.578. The number of hydrogen-bond donors (Lipinski definition) is 1. The maximum atomic E-state index is 13.0. The third-order valence-electron chi connectivity index (χ3n) is 2.22. The van der Waals surface area contributed by atoms with E-state index in [1.807, 2.05) is 6.92 Å². The Morgan fingerprint density at radius 3 is 2.44 bits per heavy atom. The number of aromatic nitrogens is 3. The Morgan fingerprint density at radius 2 is 1.88 bits per heavy atom. The van der Waals surface area contributed by atoms with Gasteiger partial charge in [-0.15, -0.1) is 5.10 Å². The summed E-state index contributed by atoms with van der Waals surface area (Å²) in [4.78, 5) is 0. The zero-order valence-corrected chi connectivity index (χ0v) is 8.61. The van der Waals surface area contributed by atoms with Crippen molar-refractivity contribution >= 4 is 5.82 Å². The molecule has 1 heterocycles. The van der Waals surface area contributed by atoms with Crippen LogP contribution in [0.4, 0.5) is 14.6 Å². The van der Waals surface area contributed by atoms with Gasteiger partial charge in [-0.05, 0) is 18.6 Å². The van der Waals surface area contributed by atoms with Crippen LogP contribution in [-0.2, 0) is 6.42 Å². The fourth-order valence-electron chi connectivity index (χ4n) is 1.51. The molecule has 0 unspecified atom stereocenters. The van der Waals surface area contributed by atoms with Gasteiger partial charge < -0.3 is 5.73 Å². The maximum absolute atomic E-state index is 13.0. The van der Waals surface area contributed by atoms with Crippen molar-refractivity contribution in [2.24, 2.45) is 0 Å². The van der Waals surface area contributed by atoms with Gasteiger partial charge in [-0.3, -0.25) is 0 Å². The highest BCUT2D eigenvalue weighted by Crippen LogP contribution is 2.17. The van der Waals surface area contributed by atoms with E-state index in [0.717, 1.165) is 6.07 Å². The average molecular weight is 224 g/mol. The van der Waals surface area contributed by atoms with Crippen LogP contribution in [0, 0.1) is 11.6 Å². The zero-order chi connectivity index (χ0) is 11.7. The van der Waals surface area contributed by atoms with Crippen LogP contribution in [0.25, 0.3) is 5.69 Å². The second kappa shape index (κ2) is 3.88. The molecule has 0 bridgehead atoms. The first-order valence-corrected chi connectivity index (χ1v) is 4.78. The van der Waals surface area contributed by atoms with Crippen molar-refractivity contribution in [3.63, 3.8) is 0 Å². The monoisotopic (exact) mass is 224 g/mol. The highest BCUT2D eigenvalue weighted by atomic mass is 19.1. The molecule has 0 fully saturated rings. The van der Waals surface area contributed by atoms with Crippen molar-refractivity contribution in [3.8, 4) is 5.69 Å². The van der Waals surface area contributed by atoms with Gasteiger partial charge >= 0.3 is 0 Å². The molecule has 2 rings (SSSR count). The van der Waals surface area contributed by atoms with Crippen LogP contribution in [0.2, 0.25) is 0 Å². The number of hydrogen-bond acceptors (Lipinski definition) is 3. The third kappa shape index (κ3) is 1.73. The normalized spacial score (nSPS) is 10.7. The lowest BCUT2D eigenvalue weighted by Gasteiger charge is -2.05. The summed E-state index contributed by atoms with van der Waals surface area (Å²) < 4.78 is 27.4. The molecule has 1 aromatic carbocycles. The van der Waals surface area contributed by atoms with Crippen LogP contribution in [-0.4, -0.2) is 15.0 Å². The minimum Gasteiger partial charge on any atom is -0.381 e. The number of nitrogens with zero attached hydrogens (tertiary/aromatic N) is 3. The summed E-state index contributed by atoms with van der Waals surface area (Å²) >= 11 is 0. The molecule has 1 aromatic heterocycles. The molecule has 4 nitrogen and oxygen atoms in total. The summed E-state index contributed by atoms with van der Waals surface area (Å²) in [6, 6.07) is 3.15. The predicted molar refractivity (Wildman–Crippen MR) is 55.1 cm³/mol. The molecule has 0 spiro atoms. The van der Waals surface area contributed by atoms with Crippen LogP contribution in [0.5, 0.6) is 0 Å². The summed E-state index contributed by atoms with van der Waals surface area (Å²) in [5.74, 6) is -1.05. The van der Waals surface area contributed by atoms with Crippen molar-refractivity contribution in [3.05, 3.63) is 35.5 Å². The lowest BCUT2D eigenvalue weighted by atomic mass is 10.2. The topological polar surface area (TPSA) is 56.7 Å². The van der Waals surface area contributed by atoms with Gasteiger partial charge in [-0.2, -0.15) is 0 Å². The van der Waals surface area contributed by atoms with Gasteiger partial charge in [0.2, 0.25) is 0 Å². The first-order valence-electron chi connectivity index (χ1n) is 4.78. The van der Waals surface area contributed by atoms with Crippen LogP contribution in [0.3, 0.4) is 0 Å². The largest absolute Gasteiger partial charge is 0.381 e. The Kier molecular flexibility index (Phi) is 2.55. The minimum atomic E-state index is -0.661. The Labute approximate surface area is 90.7 Å². The second-order valence-electron chi connectivity index (χ2n) is 3.31. The molecule has 0 aliphatic rings. The van der Waals surface area contributed by atoms with Crippen molar-refractivity contribution in [1.82, 2.24) is 15.0 Å². The zero-order valence-electron chi connectivity index (χ0n) is 8.61. The minimum absolute atomic E-state index is 0.271. The summed E-state index contributed by atoms with van der Waals surface area (Å²) in [5, 5.41) is 7.42. The molecule has 2 N–H and O–H groups in total. The number of rotatable bonds is 2. The van der Waals surface area contributed by atoms with E-state index in [0.29, 0.717) is 12.1 Å². The van der Waals surface area contributed by atoms with E-state index in [1.54, 1.807) is 0 Å². The Morgan fingerprint density at radius 1 is 1.25 bits per heavy atom. The number of nitrogens with two attached hydrogens (primary N) is 1. The molecular weight excluding hydrogens is 214 g/mol. The van der Waals surface area contributed by atoms with E-state index in [1.165, 1.54) is 16.8 Å². The van der Waals surface area contributed by atoms with Crippen LogP contribution < -0.4 is 5.73 Å². The van der Waals surface area contributed by atoms with Crippen molar-refractivity contribution < 1.29 is 8.78 Å². The fraction of sp³-hybridized carbons (Fsp3) is 0.200. The van der Waals surface area contributed by atoms with E-state index in [9.17, 15) is 8.78 Å². The SMILES string of the molecule is CCc1c(N)nnn1-c1cc(F)cc(F)c1. The smallest absolute Gasteiger partial charge is 0.169 e. The third-order valence-corrected chi connectivity index (χ3v) is 2.22. The Balaban J connectivity index is 2.58. The molecule has 6 heteroatoms.